The van der Waals surface area contributed by atoms with Crippen LogP contribution in [0.1, 0.15) is 220 Å². The maximum Gasteiger partial charge on any atom is 0.306 e. The van der Waals surface area contributed by atoms with E-state index in [1.54, 1.807) is 0 Å². The van der Waals surface area contributed by atoms with E-state index in [2.05, 4.69) is 111 Å². The van der Waals surface area contributed by atoms with E-state index in [1.165, 1.54) is 57.8 Å². The first-order valence-corrected chi connectivity index (χ1v) is 24.8. The minimum Gasteiger partial charge on any atom is -0.462 e. The zero-order valence-electron chi connectivity index (χ0n) is 39.1. The van der Waals surface area contributed by atoms with Gasteiger partial charge in [-0.2, -0.15) is 0 Å². The lowest BCUT2D eigenvalue weighted by atomic mass is 10.0. The van der Waals surface area contributed by atoms with Crippen molar-refractivity contribution in [2.45, 2.75) is 238 Å². The Bertz CT molecular complexity index is 1160. The molecule has 0 aromatic carbocycles. The van der Waals surface area contributed by atoms with Crippen LogP contribution in [0.2, 0.25) is 0 Å². The van der Waals surface area contributed by atoms with Crippen molar-refractivity contribution in [2.75, 3.05) is 6.61 Å². The number of carbonyl (C=O) groups excluding carboxylic acids is 2. The van der Waals surface area contributed by atoms with Gasteiger partial charge in [0.15, 0.2) is 0 Å². The molecule has 0 aliphatic rings. The number of hydrogen-bond acceptors (Lipinski definition) is 5. The first-order chi connectivity index (χ1) is 29.5. The Morgan fingerprint density at radius 1 is 0.517 bits per heavy atom. The molecule has 0 aromatic rings. The highest BCUT2D eigenvalue weighted by molar-refractivity contribution is 5.77. The lowest BCUT2D eigenvalue weighted by Crippen LogP contribution is -2.46. The van der Waals surface area contributed by atoms with E-state index in [1.807, 2.05) is 0 Å². The third-order valence-corrected chi connectivity index (χ3v) is 10.8. The number of aliphatic hydroxyl groups is 2. The highest BCUT2D eigenvalue weighted by Gasteiger charge is 2.24. The maximum atomic E-state index is 13.2. The molecule has 6 heteroatoms. The summed E-state index contributed by atoms with van der Waals surface area (Å²) in [5.41, 5.74) is 0. The van der Waals surface area contributed by atoms with Crippen LogP contribution in [0.5, 0.6) is 0 Å². The summed E-state index contributed by atoms with van der Waals surface area (Å²) in [6.45, 7) is 6.21. The van der Waals surface area contributed by atoms with Crippen LogP contribution in [0, 0.1) is 0 Å². The highest BCUT2D eigenvalue weighted by atomic mass is 16.5. The highest BCUT2D eigenvalue weighted by Crippen LogP contribution is 2.17. The van der Waals surface area contributed by atoms with Gasteiger partial charge in [-0.05, 0) is 83.5 Å². The number of rotatable bonds is 43. The molecule has 3 unspecified atom stereocenters. The predicted molar refractivity (Wildman–Crippen MR) is 259 cm³/mol. The molecule has 1 amide bonds. The van der Waals surface area contributed by atoms with Crippen LogP contribution in [0.4, 0.5) is 0 Å². The third-order valence-electron chi connectivity index (χ3n) is 10.8. The molecule has 0 aliphatic carbocycles. The van der Waals surface area contributed by atoms with Crippen molar-refractivity contribution < 1.29 is 24.5 Å². The van der Waals surface area contributed by atoms with Crippen molar-refractivity contribution in [1.82, 2.24) is 5.32 Å². The van der Waals surface area contributed by atoms with Crippen molar-refractivity contribution in [3.63, 3.8) is 0 Å². The second-order valence-corrected chi connectivity index (χ2v) is 16.5. The summed E-state index contributed by atoms with van der Waals surface area (Å²) in [6.07, 6.45) is 60.7. The third kappa shape index (κ3) is 41.8. The Balaban J connectivity index is 4.68. The van der Waals surface area contributed by atoms with Crippen molar-refractivity contribution in [1.29, 1.82) is 0 Å². The number of carbonyl (C=O) groups is 2. The number of allylic oxidation sites excluding steroid dienone is 14. The average molecular weight is 836 g/mol. The van der Waals surface area contributed by atoms with Crippen molar-refractivity contribution in [3.05, 3.63) is 85.1 Å². The Kier molecular flexibility index (Phi) is 44.8. The number of amides is 1. The Morgan fingerprint density at radius 2 is 0.983 bits per heavy atom. The second kappa shape index (κ2) is 47.1. The van der Waals surface area contributed by atoms with Gasteiger partial charge in [0, 0.05) is 6.42 Å². The van der Waals surface area contributed by atoms with Gasteiger partial charge >= 0.3 is 5.97 Å². The fraction of sp³-hybridized carbons (Fsp3) is 0.704. The quantitative estimate of drug-likeness (QED) is 0.0246. The molecule has 0 aromatic heterocycles. The van der Waals surface area contributed by atoms with Gasteiger partial charge in [0.2, 0.25) is 5.91 Å². The molecule has 0 bridgehead atoms. The van der Waals surface area contributed by atoms with Gasteiger partial charge in [-0.25, -0.2) is 0 Å². The zero-order valence-corrected chi connectivity index (χ0v) is 39.1. The second-order valence-electron chi connectivity index (χ2n) is 16.5. The predicted octanol–water partition coefficient (Wildman–Crippen LogP) is 14.8. The molecule has 3 atom stereocenters. The number of nitrogens with one attached hydrogen (secondary N) is 1. The zero-order chi connectivity index (χ0) is 43.8. The molecule has 0 fully saturated rings. The fourth-order valence-electron chi connectivity index (χ4n) is 7.07. The molecule has 0 rings (SSSR count). The molecule has 0 spiro atoms. The van der Waals surface area contributed by atoms with E-state index in [9.17, 15) is 19.8 Å². The molecule has 60 heavy (non-hydrogen) atoms. The van der Waals surface area contributed by atoms with E-state index in [4.69, 9.17) is 4.74 Å². The average Bonchev–Trinajstić information content (AvgIpc) is 3.24. The summed E-state index contributed by atoms with van der Waals surface area (Å²) in [5, 5.41) is 23.7. The largest absolute Gasteiger partial charge is 0.462 e. The van der Waals surface area contributed by atoms with Crippen LogP contribution in [0.15, 0.2) is 85.1 Å². The van der Waals surface area contributed by atoms with E-state index >= 15 is 0 Å². The summed E-state index contributed by atoms with van der Waals surface area (Å²) in [5.74, 6) is -0.537. The molecule has 3 N–H and O–H groups in total. The lowest BCUT2D eigenvalue weighted by molar-refractivity contribution is -0.151. The first kappa shape index (κ1) is 57.0. The summed E-state index contributed by atoms with van der Waals surface area (Å²) in [6, 6.07) is -0.718. The lowest BCUT2D eigenvalue weighted by Gasteiger charge is -2.24. The summed E-state index contributed by atoms with van der Waals surface area (Å²) in [7, 11) is 0. The van der Waals surface area contributed by atoms with Gasteiger partial charge < -0.3 is 20.3 Å². The standard InChI is InChI=1S/C54H93NO5/c1-4-7-10-13-16-19-22-25-26-27-29-32-35-38-41-44-47-54(59)60-50(45-42-39-36-33-30-28-23-20-17-14-11-8-5-2)48-53(58)55-51(49-56)52(57)46-43-40-37-34-31-24-21-18-15-12-9-6-3/h7-8,10-11,14,16-17,19-20,23,25-26,29,32,50-52,56-57H,4-6,9,12-13,15,18,21-22,24,27-28,30-31,33-49H2,1-3H3,(H,55,58)/b10-7+,11-8+,17-14+,19-16+,23-20+,26-25+,32-29+. The normalized spacial score (nSPS) is 14.0. The Hall–Kier alpha value is -2.96. The molecule has 0 saturated heterocycles. The minimum atomic E-state index is -0.802. The van der Waals surface area contributed by atoms with Crippen LogP contribution in [0.25, 0.3) is 0 Å². The number of ether oxygens (including phenoxy) is 1. The van der Waals surface area contributed by atoms with Gasteiger partial charge in [-0.15, -0.1) is 0 Å². The van der Waals surface area contributed by atoms with E-state index in [-0.39, 0.29) is 24.9 Å². The Morgan fingerprint density at radius 3 is 1.55 bits per heavy atom. The van der Waals surface area contributed by atoms with Gasteiger partial charge in [0.1, 0.15) is 6.10 Å². The van der Waals surface area contributed by atoms with Gasteiger partial charge in [0.05, 0.1) is 25.2 Å². The summed E-state index contributed by atoms with van der Waals surface area (Å²) in [4.78, 5) is 26.1. The monoisotopic (exact) mass is 836 g/mol. The fourth-order valence-corrected chi connectivity index (χ4v) is 7.07. The van der Waals surface area contributed by atoms with Crippen LogP contribution < -0.4 is 5.32 Å². The summed E-state index contributed by atoms with van der Waals surface area (Å²) < 4.78 is 5.90. The molecule has 6 nitrogen and oxygen atoms in total. The molecule has 0 saturated carbocycles. The smallest absolute Gasteiger partial charge is 0.306 e. The van der Waals surface area contributed by atoms with Gasteiger partial charge in [-0.3, -0.25) is 9.59 Å². The van der Waals surface area contributed by atoms with Crippen LogP contribution in [-0.4, -0.2) is 46.9 Å². The van der Waals surface area contributed by atoms with Gasteiger partial charge in [-0.1, -0.05) is 209 Å². The number of unbranched alkanes of at least 4 members (excludes halogenated alkanes) is 19. The van der Waals surface area contributed by atoms with Crippen molar-refractivity contribution in [2.24, 2.45) is 0 Å². The molecular weight excluding hydrogens is 743 g/mol. The van der Waals surface area contributed by atoms with E-state index in [0.29, 0.717) is 19.3 Å². The van der Waals surface area contributed by atoms with E-state index in [0.717, 1.165) is 116 Å². The van der Waals surface area contributed by atoms with Crippen LogP contribution in [-0.2, 0) is 14.3 Å². The molecule has 344 valence electrons. The number of aliphatic hydroxyl groups excluding tert-OH is 2. The SMILES string of the molecule is CC/C=C/C=C/C=C/CCCCCCCC(CC(=O)NC(CO)C(O)CCCCCCCCCCCCCC)OC(=O)CCCCC/C=C/C/C=C/C/C=C/C/C=C/CC. The van der Waals surface area contributed by atoms with Crippen molar-refractivity contribution >= 4 is 11.9 Å². The summed E-state index contributed by atoms with van der Waals surface area (Å²) >= 11 is 0. The Labute approximate surface area is 370 Å². The van der Waals surface area contributed by atoms with Crippen LogP contribution >= 0.6 is 0 Å². The molecular formula is C54H93NO5. The minimum absolute atomic E-state index is 0.0468. The molecule has 0 radical (unpaired) electrons. The molecule has 0 heterocycles. The van der Waals surface area contributed by atoms with Crippen LogP contribution in [0.3, 0.4) is 0 Å². The number of hydrogen-bond donors (Lipinski definition) is 3. The molecule has 0 aliphatic heterocycles. The number of esters is 1. The topological polar surface area (TPSA) is 95.9 Å². The van der Waals surface area contributed by atoms with Crippen molar-refractivity contribution in [3.8, 4) is 0 Å². The van der Waals surface area contributed by atoms with E-state index < -0.39 is 18.2 Å². The van der Waals surface area contributed by atoms with Gasteiger partial charge in [0.25, 0.3) is 0 Å². The first-order valence-electron chi connectivity index (χ1n) is 24.8. The maximum absolute atomic E-state index is 13.2.